The van der Waals surface area contributed by atoms with E-state index in [2.05, 4.69) is 4.98 Å². The lowest BCUT2D eigenvalue weighted by Crippen LogP contribution is -2.45. The standard InChI is InChI=1S/C23H24F3NO4/c1-22(2,17-10-15(24)5-7-19(17)31-3)12-23(30,21(25)26)11-16-9-14-8-13(20(28)29)4-6-18(14)27-16/h4-10,21,27,30H,11-12H2,1-3H3,(H,28,29). The average Bonchev–Trinajstić information content (AvgIpc) is 3.08. The highest BCUT2D eigenvalue weighted by Gasteiger charge is 2.44. The van der Waals surface area contributed by atoms with Crippen molar-refractivity contribution in [1.29, 1.82) is 0 Å². The summed E-state index contributed by atoms with van der Waals surface area (Å²) in [5, 5.41) is 20.6. The third-order valence-corrected chi connectivity index (χ3v) is 5.46. The van der Waals surface area contributed by atoms with Gasteiger partial charge in [0.05, 0.1) is 12.7 Å². The van der Waals surface area contributed by atoms with Crippen LogP contribution in [0, 0.1) is 5.82 Å². The molecule has 1 unspecified atom stereocenters. The Morgan fingerprint density at radius 2 is 1.87 bits per heavy atom. The van der Waals surface area contributed by atoms with E-state index in [1.807, 2.05) is 0 Å². The zero-order valence-electron chi connectivity index (χ0n) is 17.4. The number of carbonyl (C=O) groups is 1. The van der Waals surface area contributed by atoms with Gasteiger partial charge in [-0.3, -0.25) is 0 Å². The highest BCUT2D eigenvalue weighted by atomic mass is 19.3. The normalized spacial score (nSPS) is 14.1. The number of aromatic carboxylic acids is 1. The first kappa shape index (κ1) is 22.7. The Bertz CT molecular complexity index is 1110. The summed E-state index contributed by atoms with van der Waals surface area (Å²) in [5.41, 5.74) is -2.11. The van der Waals surface area contributed by atoms with Crippen LogP contribution in [0.1, 0.15) is 41.9 Å². The van der Waals surface area contributed by atoms with Gasteiger partial charge in [-0.2, -0.15) is 0 Å². The minimum absolute atomic E-state index is 0.0708. The first-order valence-electron chi connectivity index (χ1n) is 9.65. The molecule has 0 aliphatic rings. The fourth-order valence-electron chi connectivity index (χ4n) is 4.04. The second kappa shape index (κ2) is 8.26. The highest BCUT2D eigenvalue weighted by Crippen LogP contribution is 2.41. The summed E-state index contributed by atoms with van der Waals surface area (Å²) >= 11 is 0. The molecule has 0 fully saturated rings. The molecule has 3 rings (SSSR count). The molecule has 1 aromatic heterocycles. The molecule has 3 aromatic rings. The van der Waals surface area contributed by atoms with Crippen molar-refractivity contribution in [3.05, 3.63) is 65.1 Å². The van der Waals surface area contributed by atoms with Crippen LogP contribution in [0.15, 0.2) is 42.5 Å². The zero-order chi connectivity index (χ0) is 23.0. The molecule has 0 saturated heterocycles. The predicted molar refractivity (Wildman–Crippen MR) is 111 cm³/mol. The monoisotopic (exact) mass is 435 g/mol. The molecule has 31 heavy (non-hydrogen) atoms. The molecule has 0 aliphatic heterocycles. The number of aromatic amines is 1. The van der Waals surface area contributed by atoms with Gasteiger partial charge in [0.2, 0.25) is 0 Å². The average molecular weight is 435 g/mol. The van der Waals surface area contributed by atoms with Gasteiger partial charge in [-0.25, -0.2) is 18.0 Å². The molecule has 0 aliphatic carbocycles. The summed E-state index contributed by atoms with van der Waals surface area (Å²) in [5.74, 6) is -1.29. The van der Waals surface area contributed by atoms with E-state index in [0.717, 1.165) is 0 Å². The maximum absolute atomic E-state index is 14.1. The van der Waals surface area contributed by atoms with Crippen LogP contribution in [-0.4, -0.2) is 40.3 Å². The molecule has 8 heteroatoms. The van der Waals surface area contributed by atoms with E-state index in [9.17, 15) is 23.1 Å². The van der Waals surface area contributed by atoms with Crippen LogP contribution in [0.25, 0.3) is 10.9 Å². The summed E-state index contributed by atoms with van der Waals surface area (Å²) in [4.78, 5) is 14.1. The van der Waals surface area contributed by atoms with Gasteiger partial charge in [0.25, 0.3) is 6.43 Å². The van der Waals surface area contributed by atoms with E-state index >= 15 is 0 Å². The predicted octanol–water partition coefficient (Wildman–Crippen LogP) is 4.92. The number of rotatable bonds is 8. The van der Waals surface area contributed by atoms with E-state index in [1.165, 1.54) is 37.4 Å². The Labute approximate surface area is 177 Å². The number of hydrogen-bond acceptors (Lipinski definition) is 3. The van der Waals surface area contributed by atoms with Crippen molar-refractivity contribution in [2.24, 2.45) is 0 Å². The van der Waals surface area contributed by atoms with E-state index in [-0.39, 0.29) is 12.0 Å². The lowest BCUT2D eigenvalue weighted by molar-refractivity contribution is -0.110. The van der Waals surface area contributed by atoms with E-state index < -0.39 is 35.6 Å². The molecule has 0 spiro atoms. The smallest absolute Gasteiger partial charge is 0.335 e. The molecule has 0 saturated carbocycles. The topological polar surface area (TPSA) is 82.6 Å². The molecule has 166 valence electrons. The number of aliphatic hydroxyl groups is 1. The van der Waals surface area contributed by atoms with E-state index in [0.29, 0.717) is 27.9 Å². The molecule has 1 heterocycles. The summed E-state index contributed by atoms with van der Waals surface area (Å²) in [6, 6.07) is 9.79. The van der Waals surface area contributed by atoms with Gasteiger partial charge in [0.15, 0.2) is 0 Å². The lowest BCUT2D eigenvalue weighted by atomic mass is 9.73. The van der Waals surface area contributed by atoms with Crippen molar-refractivity contribution in [1.82, 2.24) is 4.98 Å². The molecule has 0 bridgehead atoms. The number of ether oxygens (including phenoxy) is 1. The van der Waals surface area contributed by atoms with Crippen LogP contribution in [0.3, 0.4) is 0 Å². The van der Waals surface area contributed by atoms with E-state index in [4.69, 9.17) is 9.84 Å². The van der Waals surface area contributed by atoms with Crippen LogP contribution < -0.4 is 4.74 Å². The molecule has 1 atom stereocenters. The van der Waals surface area contributed by atoms with Crippen LogP contribution in [-0.2, 0) is 11.8 Å². The Kier molecular flexibility index (Phi) is 6.04. The number of benzene rings is 2. The second-order valence-electron chi connectivity index (χ2n) is 8.39. The molecular formula is C23H24F3NO4. The second-order valence-corrected chi connectivity index (χ2v) is 8.39. The highest BCUT2D eigenvalue weighted by molar-refractivity contribution is 5.93. The molecule has 2 aromatic carbocycles. The van der Waals surface area contributed by atoms with Gasteiger partial charge >= 0.3 is 5.97 Å². The number of carboxylic acids is 1. The van der Waals surface area contributed by atoms with Crippen molar-refractivity contribution < 1.29 is 32.9 Å². The fourth-order valence-corrected chi connectivity index (χ4v) is 4.04. The molecule has 0 radical (unpaired) electrons. The minimum atomic E-state index is -3.08. The first-order chi connectivity index (χ1) is 14.4. The van der Waals surface area contributed by atoms with Gasteiger partial charge in [0.1, 0.15) is 17.2 Å². The van der Waals surface area contributed by atoms with Crippen molar-refractivity contribution in [3.63, 3.8) is 0 Å². The van der Waals surface area contributed by atoms with Gasteiger partial charge in [-0.05, 0) is 54.3 Å². The Morgan fingerprint density at radius 1 is 1.16 bits per heavy atom. The first-order valence-corrected chi connectivity index (χ1v) is 9.65. The van der Waals surface area contributed by atoms with Crippen LogP contribution in [0.4, 0.5) is 13.2 Å². The number of fused-ring (bicyclic) bond motifs is 1. The van der Waals surface area contributed by atoms with Gasteiger partial charge < -0.3 is 19.9 Å². The number of halogens is 3. The van der Waals surface area contributed by atoms with Crippen molar-refractivity contribution in [2.45, 2.75) is 44.1 Å². The quantitative estimate of drug-likeness (QED) is 0.469. The van der Waals surface area contributed by atoms with Crippen molar-refractivity contribution >= 4 is 16.9 Å². The minimum Gasteiger partial charge on any atom is -0.496 e. The fraction of sp³-hybridized carbons (Fsp3) is 0.348. The van der Waals surface area contributed by atoms with Gasteiger partial charge in [-0.15, -0.1) is 0 Å². The summed E-state index contributed by atoms with van der Waals surface area (Å²) < 4.78 is 47.2. The van der Waals surface area contributed by atoms with Gasteiger partial charge in [0, 0.05) is 28.6 Å². The number of carboxylic acid groups (broad SMARTS) is 1. The van der Waals surface area contributed by atoms with E-state index in [1.54, 1.807) is 26.0 Å². The third-order valence-electron chi connectivity index (χ3n) is 5.46. The Morgan fingerprint density at radius 3 is 2.48 bits per heavy atom. The van der Waals surface area contributed by atoms with Crippen LogP contribution >= 0.6 is 0 Å². The number of H-pyrrole nitrogens is 1. The largest absolute Gasteiger partial charge is 0.496 e. The number of methoxy groups -OCH3 is 1. The summed E-state index contributed by atoms with van der Waals surface area (Å²) in [7, 11) is 1.40. The van der Waals surface area contributed by atoms with Gasteiger partial charge in [-0.1, -0.05) is 13.8 Å². The molecule has 5 nitrogen and oxygen atoms in total. The summed E-state index contributed by atoms with van der Waals surface area (Å²) in [6.07, 6.45) is -3.84. The number of alkyl halides is 2. The molecule has 0 amide bonds. The maximum Gasteiger partial charge on any atom is 0.335 e. The number of aromatic nitrogens is 1. The van der Waals surface area contributed by atoms with Crippen molar-refractivity contribution in [3.8, 4) is 5.75 Å². The Balaban J connectivity index is 1.94. The van der Waals surface area contributed by atoms with Crippen LogP contribution in [0.2, 0.25) is 0 Å². The number of hydrogen-bond donors (Lipinski definition) is 3. The third kappa shape index (κ3) is 4.69. The van der Waals surface area contributed by atoms with Crippen molar-refractivity contribution in [2.75, 3.05) is 7.11 Å². The van der Waals surface area contributed by atoms with Crippen LogP contribution in [0.5, 0.6) is 5.75 Å². The zero-order valence-corrected chi connectivity index (χ0v) is 17.4. The lowest BCUT2D eigenvalue weighted by Gasteiger charge is -2.36. The maximum atomic E-state index is 14.1. The SMILES string of the molecule is COc1ccc(F)cc1C(C)(C)CC(O)(Cc1cc2cc(C(=O)O)ccc2[nH]1)C(F)F. The molecule has 3 N–H and O–H groups in total. The molecular weight excluding hydrogens is 411 g/mol. The number of nitrogens with one attached hydrogen (secondary N) is 1. The Hall–Kier alpha value is -3.00. The summed E-state index contributed by atoms with van der Waals surface area (Å²) in [6.45, 7) is 3.28.